The third-order valence-electron chi connectivity index (χ3n) is 5.02. The molecule has 0 saturated carbocycles. The fraction of sp³-hybridized carbons (Fsp3) is 0.190. The van der Waals surface area contributed by atoms with Crippen LogP contribution in [0.15, 0.2) is 48.8 Å². The summed E-state index contributed by atoms with van der Waals surface area (Å²) in [5.74, 6) is 1.16. The van der Waals surface area contributed by atoms with E-state index in [0.717, 1.165) is 16.9 Å². The summed E-state index contributed by atoms with van der Waals surface area (Å²) in [6, 6.07) is 11.9. The lowest BCUT2D eigenvalue weighted by molar-refractivity contribution is 0.174. The Hall–Kier alpha value is -3.23. The summed E-state index contributed by atoms with van der Waals surface area (Å²) in [6.07, 6.45) is 1.73. The van der Waals surface area contributed by atoms with Crippen molar-refractivity contribution in [3.8, 4) is 22.8 Å². The summed E-state index contributed by atoms with van der Waals surface area (Å²) in [5.41, 5.74) is 3.32. The summed E-state index contributed by atoms with van der Waals surface area (Å²) in [4.78, 5) is 4.54. The molecule has 0 fully saturated rings. The van der Waals surface area contributed by atoms with Crippen molar-refractivity contribution in [3.63, 3.8) is 0 Å². The summed E-state index contributed by atoms with van der Waals surface area (Å²) in [7, 11) is 1.61. The predicted octanol–water partition coefficient (Wildman–Crippen LogP) is 4.01. The lowest BCUT2D eigenvalue weighted by atomic mass is 10.1. The number of nitrogens with zero attached hydrogens (tertiary/aromatic N) is 5. The van der Waals surface area contributed by atoms with Gasteiger partial charge in [0.1, 0.15) is 18.9 Å². The van der Waals surface area contributed by atoms with Gasteiger partial charge in [0.25, 0.3) is 0 Å². The van der Waals surface area contributed by atoms with Crippen LogP contribution in [0, 0.1) is 5.82 Å². The van der Waals surface area contributed by atoms with Gasteiger partial charge in [0, 0.05) is 17.7 Å². The zero-order valence-corrected chi connectivity index (χ0v) is 16.8. The van der Waals surface area contributed by atoms with Gasteiger partial charge in [-0.1, -0.05) is 23.7 Å². The molecule has 5 rings (SSSR count). The number of fused-ring (bicyclic) bond motifs is 5. The monoisotopic (exact) mass is 425 g/mol. The summed E-state index contributed by atoms with van der Waals surface area (Å²) < 4.78 is 28.9. The van der Waals surface area contributed by atoms with Crippen LogP contribution in [0.2, 0.25) is 5.02 Å². The number of aromatic nitrogens is 5. The first-order valence-corrected chi connectivity index (χ1v) is 9.67. The Kier molecular flexibility index (Phi) is 4.72. The van der Waals surface area contributed by atoms with Crippen molar-refractivity contribution < 1.29 is 13.9 Å². The molecule has 0 saturated heterocycles. The van der Waals surface area contributed by atoms with Gasteiger partial charge in [0.2, 0.25) is 0 Å². The molecular weight excluding hydrogens is 409 g/mol. The third kappa shape index (κ3) is 3.14. The number of imidazole rings is 1. The van der Waals surface area contributed by atoms with Gasteiger partial charge < -0.3 is 18.6 Å². The van der Waals surface area contributed by atoms with E-state index in [-0.39, 0.29) is 12.4 Å². The Bertz CT molecular complexity index is 1240. The lowest BCUT2D eigenvalue weighted by Gasteiger charge is -2.11. The summed E-state index contributed by atoms with van der Waals surface area (Å²) in [6.45, 7) is 0.907. The summed E-state index contributed by atoms with van der Waals surface area (Å²) >= 11 is 6.27. The normalized spacial score (nSPS) is 12.1. The molecule has 152 valence electrons. The highest BCUT2D eigenvalue weighted by molar-refractivity contribution is 6.31. The zero-order chi connectivity index (χ0) is 20.7. The smallest absolute Gasteiger partial charge is 0.166 e. The van der Waals surface area contributed by atoms with Gasteiger partial charge in [-0.15, -0.1) is 10.2 Å². The number of halogens is 2. The second-order valence-electron chi connectivity index (χ2n) is 6.85. The highest BCUT2D eigenvalue weighted by atomic mass is 35.5. The highest BCUT2D eigenvalue weighted by Gasteiger charge is 2.26. The van der Waals surface area contributed by atoms with Gasteiger partial charge in [0.15, 0.2) is 23.2 Å². The predicted molar refractivity (Wildman–Crippen MR) is 108 cm³/mol. The van der Waals surface area contributed by atoms with Gasteiger partial charge in [-0.2, -0.15) is 0 Å². The van der Waals surface area contributed by atoms with E-state index in [1.807, 2.05) is 27.3 Å². The number of rotatable bonds is 5. The maximum absolute atomic E-state index is 14.0. The number of para-hydroxylation sites is 1. The highest BCUT2D eigenvalue weighted by Crippen LogP contribution is 2.34. The zero-order valence-electron chi connectivity index (χ0n) is 16.0. The molecule has 9 heteroatoms. The Morgan fingerprint density at radius 2 is 2.00 bits per heavy atom. The van der Waals surface area contributed by atoms with E-state index in [9.17, 15) is 4.39 Å². The van der Waals surface area contributed by atoms with E-state index in [0.29, 0.717) is 35.5 Å². The van der Waals surface area contributed by atoms with Crippen molar-refractivity contribution in [1.29, 1.82) is 0 Å². The topological polar surface area (TPSA) is 67.0 Å². The number of hydrogen-bond acceptors (Lipinski definition) is 5. The minimum atomic E-state index is -0.411. The fourth-order valence-corrected chi connectivity index (χ4v) is 3.77. The van der Waals surface area contributed by atoms with E-state index in [2.05, 4.69) is 15.2 Å². The second kappa shape index (κ2) is 7.55. The van der Waals surface area contributed by atoms with Crippen molar-refractivity contribution >= 4 is 11.6 Å². The number of methoxy groups -OCH3 is 1. The first-order valence-electron chi connectivity index (χ1n) is 9.29. The number of hydrogen-bond donors (Lipinski definition) is 0. The molecule has 30 heavy (non-hydrogen) atoms. The molecular formula is C21H17ClFN5O2. The van der Waals surface area contributed by atoms with Crippen LogP contribution in [0.4, 0.5) is 4.39 Å². The maximum Gasteiger partial charge on any atom is 0.166 e. The summed E-state index contributed by atoms with van der Waals surface area (Å²) in [5, 5.41) is 9.26. The van der Waals surface area contributed by atoms with E-state index in [4.69, 9.17) is 21.1 Å². The van der Waals surface area contributed by atoms with E-state index in [1.54, 1.807) is 31.6 Å². The molecule has 0 bridgehead atoms. The van der Waals surface area contributed by atoms with Crippen LogP contribution in [0.25, 0.3) is 17.1 Å². The standard InChI is InChI=1S/C21H17ClFN5O2/c1-29-11-20-25-26-21-14-8-13(22)6-7-17(14)28-12-24-16(18(28)9-27(20)21)10-30-19-5-3-2-4-15(19)23/h2-8,12H,9-11H2,1H3. The molecule has 0 spiro atoms. The van der Waals surface area contributed by atoms with Gasteiger partial charge >= 0.3 is 0 Å². The molecule has 0 amide bonds. The van der Waals surface area contributed by atoms with Crippen LogP contribution in [-0.2, 0) is 24.5 Å². The molecule has 1 aliphatic rings. The molecule has 0 radical (unpaired) electrons. The van der Waals surface area contributed by atoms with Gasteiger partial charge in [0.05, 0.1) is 24.3 Å². The first-order chi connectivity index (χ1) is 14.7. The minimum Gasteiger partial charge on any atom is -0.484 e. The van der Waals surface area contributed by atoms with E-state index < -0.39 is 5.82 Å². The Labute approximate surface area is 176 Å². The maximum atomic E-state index is 14.0. The molecule has 3 heterocycles. The average Bonchev–Trinajstić information content (AvgIpc) is 3.29. The molecule has 0 unspecified atom stereocenters. The fourth-order valence-electron chi connectivity index (χ4n) is 3.60. The number of benzene rings is 2. The van der Waals surface area contributed by atoms with Crippen LogP contribution < -0.4 is 4.74 Å². The molecule has 0 atom stereocenters. The molecule has 0 N–H and O–H groups in total. The van der Waals surface area contributed by atoms with Crippen molar-refractivity contribution in [2.45, 2.75) is 19.8 Å². The molecule has 4 aromatic rings. The lowest BCUT2D eigenvalue weighted by Crippen LogP contribution is -2.11. The molecule has 2 aromatic carbocycles. The number of ether oxygens (including phenoxy) is 2. The van der Waals surface area contributed by atoms with Crippen molar-refractivity contribution in [2.75, 3.05) is 7.11 Å². The van der Waals surface area contributed by atoms with Crippen LogP contribution >= 0.6 is 11.6 Å². The van der Waals surface area contributed by atoms with Crippen LogP contribution in [0.1, 0.15) is 17.2 Å². The molecule has 1 aliphatic heterocycles. The quantitative estimate of drug-likeness (QED) is 0.425. The van der Waals surface area contributed by atoms with Gasteiger partial charge in [-0.25, -0.2) is 9.37 Å². The molecule has 0 aliphatic carbocycles. The van der Waals surface area contributed by atoms with E-state index in [1.165, 1.54) is 6.07 Å². The van der Waals surface area contributed by atoms with Crippen LogP contribution in [0.3, 0.4) is 0 Å². The largest absolute Gasteiger partial charge is 0.484 e. The van der Waals surface area contributed by atoms with Gasteiger partial charge in [-0.05, 0) is 30.3 Å². The Morgan fingerprint density at radius 1 is 1.13 bits per heavy atom. The van der Waals surface area contributed by atoms with Crippen LogP contribution in [0.5, 0.6) is 5.75 Å². The Morgan fingerprint density at radius 3 is 2.83 bits per heavy atom. The van der Waals surface area contributed by atoms with Crippen molar-refractivity contribution in [1.82, 2.24) is 24.3 Å². The second-order valence-corrected chi connectivity index (χ2v) is 7.28. The van der Waals surface area contributed by atoms with Crippen molar-refractivity contribution in [2.24, 2.45) is 0 Å². The van der Waals surface area contributed by atoms with Gasteiger partial charge in [-0.3, -0.25) is 0 Å². The van der Waals surface area contributed by atoms with Crippen LogP contribution in [-0.4, -0.2) is 31.4 Å². The Balaban J connectivity index is 1.60. The molecule has 7 nitrogen and oxygen atoms in total. The molecule has 2 aromatic heterocycles. The minimum absolute atomic E-state index is 0.128. The SMILES string of the molecule is COCc1nnc2n1Cc1c(COc3ccccc3F)ncn1-c1ccc(Cl)cc1-2. The van der Waals surface area contributed by atoms with Crippen molar-refractivity contribution in [3.05, 3.63) is 76.8 Å². The first kappa shape index (κ1) is 18.8. The third-order valence-corrected chi connectivity index (χ3v) is 5.26. The average molecular weight is 426 g/mol. The van der Waals surface area contributed by atoms with E-state index >= 15 is 0 Å².